The smallest absolute Gasteiger partial charge is 0.0406 e. The summed E-state index contributed by atoms with van der Waals surface area (Å²) in [7, 11) is 0. The molecule has 1 aliphatic rings. The molecule has 1 aliphatic carbocycles. The molecule has 1 fully saturated rings. The molecule has 0 heterocycles. The van der Waals surface area contributed by atoms with E-state index in [9.17, 15) is 0 Å². The quantitative estimate of drug-likeness (QED) is 0.716. The van der Waals surface area contributed by atoms with Gasteiger partial charge in [0.2, 0.25) is 0 Å². The van der Waals surface area contributed by atoms with Gasteiger partial charge in [0, 0.05) is 14.7 Å². The van der Waals surface area contributed by atoms with Crippen LogP contribution in [-0.4, -0.2) is 4.75 Å². The molecule has 1 aromatic carbocycles. The molecule has 2 heteroatoms. The Balaban J connectivity index is 2.06. The first-order chi connectivity index (χ1) is 6.74. The molecule has 0 amide bonds. The van der Waals surface area contributed by atoms with E-state index < -0.39 is 0 Å². The number of thioether (sulfide) groups is 1. The molecule has 0 N–H and O–H groups in total. The number of rotatable bonds is 3. The third-order valence-corrected chi connectivity index (χ3v) is 4.95. The molecule has 0 aromatic heterocycles. The Morgan fingerprint density at radius 3 is 2.36 bits per heavy atom. The lowest BCUT2D eigenvalue weighted by Crippen LogP contribution is -2.32. The summed E-state index contributed by atoms with van der Waals surface area (Å²) in [4.78, 5) is 1.36. The lowest BCUT2D eigenvalue weighted by atomic mass is 9.82. The highest BCUT2D eigenvalue weighted by Crippen LogP contribution is 2.49. The van der Waals surface area contributed by atoms with Crippen molar-refractivity contribution >= 4 is 23.4 Å². The topological polar surface area (TPSA) is 0 Å². The largest absolute Gasteiger partial charge is 0.119 e. The summed E-state index contributed by atoms with van der Waals surface area (Å²) in [5.74, 6) is 0. The van der Waals surface area contributed by atoms with E-state index in [1.807, 2.05) is 23.9 Å². The van der Waals surface area contributed by atoms with Crippen molar-refractivity contribution in [1.82, 2.24) is 0 Å². The number of halogens is 1. The van der Waals surface area contributed by atoms with Crippen molar-refractivity contribution in [1.29, 1.82) is 0 Å². The molecule has 0 atom stereocenters. The van der Waals surface area contributed by atoms with Gasteiger partial charge in [-0.1, -0.05) is 24.9 Å². The molecule has 0 aliphatic heterocycles. The minimum atomic E-state index is 0.536. The summed E-state index contributed by atoms with van der Waals surface area (Å²) < 4.78 is 0.536. The van der Waals surface area contributed by atoms with Crippen LogP contribution in [0.5, 0.6) is 0 Å². The Hall–Kier alpha value is -0.140. The third kappa shape index (κ3) is 2.09. The van der Waals surface area contributed by atoms with Gasteiger partial charge in [-0.3, -0.25) is 0 Å². The van der Waals surface area contributed by atoms with Gasteiger partial charge in [0.25, 0.3) is 0 Å². The van der Waals surface area contributed by atoms with Gasteiger partial charge in [0.05, 0.1) is 0 Å². The lowest BCUT2D eigenvalue weighted by Gasteiger charge is -2.40. The van der Waals surface area contributed by atoms with Crippen LogP contribution in [0.2, 0.25) is 5.02 Å². The van der Waals surface area contributed by atoms with E-state index in [2.05, 4.69) is 19.1 Å². The number of hydrogen-bond donors (Lipinski definition) is 0. The minimum absolute atomic E-state index is 0.536. The summed E-state index contributed by atoms with van der Waals surface area (Å²) in [5.41, 5.74) is 0. The normalized spacial score (nSPS) is 19.0. The van der Waals surface area contributed by atoms with E-state index in [0.717, 1.165) is 5.02 Å². The van der Waals surface area contributed by atoms with Crippen molar-refractivity contribution in [3.05, 3.63) is 29.3 Å². The maximum absolute atomic E-state index is 5.86. The maximum atomic E-state index is 5.86. The van der Waals surface area contributed by atoms with Crippen LogP contribution in [0.4, 0.5) is 0 Å². The summed E-state index contributed by atoms with van der Waals surface area (Å²) in [5, 5.41) is 0.827. The van der Waals surface area contributed by atoms with E-state index in [-0.39, 0.29) is 0 Å². The maximum Gasteiger partial charge on any atom is 0.0406 e. The average molecular weight is 227 g/mol. The van der Waals surface area contributed by atoms with Crippen LogP contribution in [0.1, 0.15) is 32.6 Å². The van der Waals surface area contributed by atoms with Gasteiger partial charge in [-0.05, 0) is 43.5 Å². The second kappa shape index (κ2) is 4.16. The molecule has 0 bridgehead atoms. The third-order valence-electron chi connectivity index (χ3n) is 3.06. The van der Waals surface area contributed by atoms with Crippen LogP contribution in [0, 0.1) is 0 Å². The average Bonchev–Trinajstić information content (AvgIpc) is 2.15. The Morgan fingerprint density at radius 1 is 1.29 bits per heavy atom. The molecule has 14 heavy (non-hydrogen) atoms. The molecule has 76 valence electrons. The highest BCUT2D eigenvalue weighted by molar-refractivity contribution is 8.00. The second-order valence-corrected chi connectivity index (χ2v) is 5.92. The monoisotopic (exact) mass is 226 g/mol. The van der Waals surface area contributed by atoms with E-state index >= 15 is 0 Å². The van der Waals surface area contributed by atoms with E-state index in [4.69, 9.17) is 11.6 Å². The molecule has 0 nitrogen and oxygen atoms in total. The molecule has 2 rings (SSSR count). The van der Waals surface area contributed by atoms with Crippen molar-refractivity contribution in [3.63, 3.8) is 0 Å². The zero-order chi connectivity index (χ0) is 10.0. The van der Waals surface area contributed by atoms with Crippen molar-refractivity contribution in [2.24, 2.45) is 0 Å². The number of benzene rings is 1. The van der Waals surface area contributed by atoms with Gasteiger partial charge in [-0.15, -0.1) is 11.8 Å². The fraction of sp³-hybridized carbons (Fsp3) is 0.500. The fourth-order valence-corrected chi connectivity index (χ4v) is 3.39. The van der Waals surface area contributed by atoms with Crippen molar-refractivity contribution < 1.29 is 0 Å². The Kier molecular flexibility index (Phi) is 3.08. The van der Waals surface area contributed by atoms with Crippen LogP contribution >= 0.6 is 23.4 Å². The Bertz CT molecular complexity index is 295. The van der Waals surface area contributed by atoms with Crippen LogP contribution in [0.25, 0.3) is 0 Å². The minimum Gasteiger partial charge on any atom is -0.119 e. The second-order valence-electron chi connectivity index (χ2n) is 3.95. The van der Waals surface area contributed by atoms with E-state index in [0.29, 0.717) is 4.75 Å². The van der Waals surface area contributed by atoms with Crippen LogP contribution in [0.15, 0.2) is 29.2 Å². The van der Waals surface area contributed by atoms with E-state index in [1.165, 1.54) is 30.6 Å². The summed E-state index contributed by atoms with van der Waals surface area (Å²) in [6.07, 6.45) is 5.42. The van der Waals surface area contributed by atoms with Crippen molar-refractivity contribution in [2.45, 2.75) is 42.2 Å². The van der Waals surface area contributed by atoms with Crippen molar-refractivity contribution in [2.75, 3.05) is 0 Å². The highest BCUT2D eigenvalue weighted by Gasteiger charge is 2.35. The summed E-state index contributed by atoms with van der Waals surface area (Å²) in [6.45, 7) is 2.29. The molecular formula is C12H15ClS. The molecule has 0 unspecified atom stereocenters. The van der Waals surface area contributed by atoms with Gasteiger partial charge in [-0.2, -0.15) is 0 Å². The standard InChI is InChI=1S/C12H15ClS/c1-2-12(8-3-9-12)14-11-6-4-10(13)5-7-11/h4-7H,2-3,8-9H2,1H3. The van der Waals surface area contributed by atoms with Gasteiger partial charge in [0.1, 0.15) is 0 Å². The Labute approximate surface area is 95.0 Å². The highest BCUT2D eigenvalue weighted by atomic mass is 35.5. The zero-order valence-corrected chi connectivity index (χ0v) is 10.00. The number of hydrogen-bond acceptors (Lipinski definition) is 1. The first-order valence-electron chi connectivity index (χ1n) is 5.19. The van der Waals surface area contributed by atoms with Gasteiger partial charge in [0.15, 0.2) is 0 Å². The predicted octanol–water partition coefficient (Wildman–Crippen LogP) is 4.76. The van der Waals surface area contributed by atoms with E-state index in [1.54, 1.807) is 0 Å². The molecule has 1 saturated carbocycles. The molecule has 0 spiro atoms. The van der Waals surface area contributed by atoms with Gasteiger partial charge >= 0.3 is 0 Å². The summed E-state index contributed by atoms with van der Waals surface area (Å²) in [6, 6.07) is 8.21. The molecule has 0 saturated heterocycles. The van der Waals surface area contributed by atoms with Gasteiger partial charge < -0.3 is 0 Å². The first-order valence-corrected chi connectivity index (χ1v) is 6.38. The lowest BCUT2D eigenvalue weighted by molar-refractivity contribution is 0.353. The van der Waals surface area contributed by atoms with Crippen LogP contribution in [0.3, 0.4) is 0 Å². The first kappa shape index (κ1) is 10.4. The molecular weight excluding hydrogens is 212 g/mol. The van der Waals surface area contributed by atoms with Crippen LogP contribution in [-0.2, 0) is 0 Å². The Morgan fingerprint density at radius 2 is 1.93 bits per heavy atom. The van der Waals surface area contributed by atoms with Crippen LogP contribution < -0.4 is 0 Å². The SMILES string of the molecule is CCC1(Sc2ccc(Cl)cc2)CCC1. The zero-order valence-electron chi connectivity index (χ0n) is 8.42. The predicted molar refractivity (Wildman–Crippen MR) is 64.2 cm³/mol. The molecule has 0 radical (unpaired) electrons. The van der Waals surface area contributed by atoms with Crippen molar-refractivity contribution in [3.8, 4) is 0 Å². The molecule has 1 aromatic rings. The van der Waals surface area contributed by atoms with Gasteiger partial charge in [-0.25, -0.2) is 0 Å². The summed E-state index contributed by atoms with van der Waals surface area (Å²) >= 11 is 7.88. The fourth-order valence-electron chi connectivity index (χ4n) is 1.85.